The Hall–Kier alpha value is -1.71. The molecule has 0 amide bonds. The number of hydrogen-bond donors (Lipinski definition) is 0. The Kier molecular flexibility index (Phi) is 3.55. The van der Waals surface area contributed by atoms with Crippen LogP contribution < -0.4 is 0 Å². The zero-order chi connectivity index (χ0) is 14.0. The Morgan fingerprint density at radius 3 is 2.50 bits per heavy atom. The van der Waals surface area contributed by atoms with Crippen LogP contribution in [0.2, 0.25) is 0 Å². The van der Waals surface area contributed by atoms with Gasteiger partial charge in [-0.25, -0.2) is 0 Å². The number of methoxy groups -OCH3 is 1. The number of hydrogen-bond acceptors (Lipinski definition) is 3. The van der Waals surface area contributed by atoms with Crippen molar-refractivity contribution in [2.75, 3.05) is 20.3 Å². The van der Waals surface area contributed by atoms with Crippen LogP contribution in [0.1, 0.15) is 23.2 Å². The molecule has 104 valence electrons. The van der Waals surface area contributed by atoms with Crippen LogP contribution >= 0.6 is 0 Å². The molecule has 0 N–H and O–H groups in total. The quantitative estimate of drug-likeness (QED) is 0.803. The van der Waals surface area contributed by atoms with Gasteiger partial charge in [-0.3, -0.25) is 4.79 Å². The molecule has 1 aliphatic heterocycles. The lowest BCUT2D eigenvalue weighted by Gasteiger charge is -2.34. The lowest BCUT2D eigenvalue weighted by molar-refractivity contribution is -0.0663. The largest absolute Gasteiger partial charge is 0.381 e. The van der Waals surface area contributed by atoms with E-state index in [-0.39, 0.29) is 5.78 Å². The summed E-state index contributed by atoms with van der Waals surface area (Å²) in [7, 11) is 1.62. The normalized spacial score (nSPS) is 18.1. The van der Waals surface area contributed by atoms with Gasteiger partial charge in [0.1, 0.15) is 5.60 Å². The summed E-state index contributed by atoms with van der Waals surface area (Å²) >= 11 is 0. The first-order valence-electron chi connectivity index (χ1n) is 6.92. The molecule has 1 heterocycles. The number of ketones is 1. The van der Waals surface area contributed by atoms with E-state index in [2.05, 4.69) is 0 Å². The molecule has 2 aromatic rings. The van der Waals surface area contributed by atoms with Crippen molar-refractivity contribution in [3.8, 4) is 0 Å². The highest BCUT2D eigenvalue weighted by atomic mass is 16.5. The molecule has 1 aliphatic rings. The SMILES string of the molecule is COC1(C(=O)c2ccc3ccccc3c2)CCOCC1. The smallest absolute Gasteiger partial charge is 0.194 e. The van der Waals surface area contributed by atoms with Gasteiger partial charge >= 0.3 is 0 Å². The average molecular weight is 270 g/mol. The van der Waals surface area contributed by atoms with E-state index >= 15 is 0 Å². The molecule has 2 aromatic carbocycles. The molecule has 0 atom stereocenters. The van der Waals surface area contributed by atoms with Gasteiger partial charge in [-0.2, -0.15) is 0 Å². The fraction of sp³-hybridized carbons (Fsp3) is 0.353. The second-order valence-electron chi connectivity index (χ2n) is 5.20. The maximum Gasteiger partial charge on any atom is 0.194 e. The third-order valence-electron chi connectivity index (χ3n) is 4.12. The first-order chi connectivity index (χ1) is 9.75. The minimum atomic E-state index is -0.722. The minimum absolute atomic E-state index is 0.0639. The number of carbonyl (C=O) groups excluding carboxylic acids is 1. The van der Waals surface area contributed by atoms with Crippen molar-refractivity contribution in [1.82, 2.24) is 0 Å². The van der Waals surface area contributed by atoms with E-state index < -0.39 is 5.60 Å². The average Bonchev–Trinajstić information content (AvgIpc) is 2.54. The molecule has 0 aromatic heterocycles. The van der Waals surface area contributed by atoms with E-state index in [4.69, 9.17) is 9.47 Å². The Labute approximate surface area is 118 Å². The monoisotopic (exact) mass is 270 g/mol. The molecular weight excluding hydrogens is 252 g/mol. The molecule has 3 heteroatoms. The standard InChI is InChI=1S/C17H18O3/c1-19-17(8-10-20-11-9-17)16(18)15-7-6-13-4-2-3-5-14(13)12-15/h2-7,12H,8-11H2,1H3. The van der Waals surface area contributed by atoms with Crippen LogP contribution in [-0.2, 0) is 9.47 Å². The van der Waals surface area contributed by atoms with E-state index in [1.54, 1.807) is 7.11 Å². The molecule has 1 saturated heterocycles. The molecule has 0 saturated carbocycles. The van der Waals surface area contributed by atoms with Crippen molar-refractivity contribution < 1.29 is 14.3 Å². The summed E-state index contributed by atoms with van der Waals surface area (Å²) in [6.07, 6.45) is 1.24. The number of fused-ring (bicyclic) bond motifs is 1. The van der Waals surface area contributed by atoms with Crippen molar-refractivity contribution in [1.29, 1.82) is 0 Å². The number of ether oxygens (including phenoxy) is 2. The maximum absolute atomic E-state index is 12.8. The minimum Gasteiger partial charge on any atom is -0.381 e. The number of rotatable bonds is 3. The van der Waals surface area contributed by atoms with E-state index in [1.165, 1.54) is 0 Å². The van der Waals surface area contributed by atoms with Gasteiger partial charge in [-0.05, 0) is 16.8 Å². The van der Waals surface area contributed by atoms with Crippen LogP contribution in [0.25, 0.3) is 10.8 Å². The predicted octanol–water partition coefficient (Wildman–Crippen LogP) is 3.22. The topological polar surface area (TPSA) is 35.5 Å². The van der Waals surface area contributed by atoms with Crippen LogP contribution in [-0.4, -0.2) is 31.7 Å². The van der Waals surface area contributed by atoms with Crippen LogP contribution in [0, 0.1) is 0 Å². The van der Waals surface area contributed by atoms with E-state index in [0.29, 0.717) is 31.6 Å². The van der Waals surface area contributed by atoms with Gasteiger partial charge in [0.25, 0.3) is 0 Å². The number of Topliss-reactive ketones (excluding diaryl/α,β-unsaturated/α-hetero) is 1. The Morgan fingerprint density at radius 1 is 1.10 bits per heavy atom. The van der Waals surface area contributed by atoms with E-state index in [1.807, 2.05) is 42.5 Å². The van der Waals surface area contributed by atoms with Gasteiger partial charge in [0.15, 0.2) is 5.78 Å². The second kappa shape index (κ2) is 5.35. The van der Waals surface area contributed by atoms with Crippen molar-refractivity contribution in [2.24, 2.45) is 0 Å². The Bertz CT molecular complexity index is 627. The number of benzene rings is 2. The number of carbonyl (C=O) groups is 1. The lowest BCUT2D eigenvalue weighted by Crippen LogP contribution is -2.45. The summed E-state index contributed by atoms with van der Waals surface area (Å²) in [4.78, 5) is 12.8. The summed E-state index contributed by atoms with van der Waals surface area (Å²) in [6, 6.07) is 13.9. The summed E-state index contributed by atoms with van der Waals surface area (Å²) in [5.74, 6) is 0.0639. The van der Waals surface area contributed by atoms with Gasteiger partial charge in [0, 0.05) is 38.7 Å². The molecule has 0 bridgehead atoms. The molecule has 0 aliphatic carbocycles. The first kappa shape index (κ1) is 13.3. The van der Waals surface area contributed by atoms with E-state index in [9.17, 15) is 4.79 Å². The predicted molar refractivity (Wildman–Crippen MR) is 78.1 cm³/mol. The second-order valence-corrected chi connectivity index (χ2v) is 5.20. The summed E-state index contributed by atoms with van der Waals surface area (Å²) in [5.41, 5.74) is -0.00629. The van der Waals surface area contributed by atoms with Gasteiger partial charge < -0.3 is 9.47 Å². The van der Waals surface area contributed by atoms with Crippen LogP contribution in [0.15, 0.2) is 42.5 Å². The van der Waals surface area contributed by atoms with Crippen molar-refractivity contribution in [3.05, 3.63) is 48.0 Å². The fourth-order valence-corrected chi connectivity index (χ4v) is 2.82. The van der Waals surface area contributed by atoms with Gasteiger partial charge in [-0.1, -0.05) is 36.4 Å². The third kappa shape index (κ3) is 2.23. The molecule has 20 heavy (non-hydrogen) atoms. The van der Waals surface area contributed by atoms with E-state index in [0.717, 1.165) is 10.8 Å². The van der Waals surface area contributed by atoms with Crippen molar-refractivity contribution in [3.63, 3.8) is 0 Å². The lowest BCUT2D eigenvalue weighted by atomic mass is 9.85. The molecule has 3 nitrogen and oxygen atoms in total. The summed E-state index contributed by atoms with van der Waals surface area (Å²) < 4.78 is 10.9. The zero-order valence-corrected chi connectivity index (χ0v) is 11.6. The van der Waals surface area contributed by atoms with Crippen molar-refractivity contribution >= 4 is 16.6 Å². The van der Waals surface area contributed by atoms with Gasteiger partial charge in [-0.15, -0.1) is 0 Å². The highest BCUT2D eigenvalue weighted by Gasteiger charge is 2.40. The molecule has 0 radical (unpaired) electrons. The van der Waals surface area contributed by atoms with Crippen LogP contribution in [0.5, 0.6) is 0 Å². The molecule has 3 rings (SSSR count). The van der Waals surface area contributed by atoms with Crippen LogP contribution in [0.4, 0.5) is 0 Å². The molecule has 1 fully saturated rings. The summed E-state index contributed by atoms with van der Waals surface area (Å²) in [5, 5.41) is 2.22. The van der Waals surface area contributed by atoms with Gasteiger partial charge in [0.2, 0.25) is 0 Å². The van der Waals surface area contributed by atoms with Gasteiger partial charge in [0.05, 0.1) is 0 Å². The zero-order valence-electron chi connectivity index (χ0n) is 11.6. The molecule has 0 spiro atoms. The highest BCUT2D eigenvalue weighted by Crippen LogP contribution is 2.29. The molecule has 0 unspecified atom stereocenters. The Balaban J connectivity index is 1.98. The maximum atomic E-state index is 12.8. The molecular formula is C17H18O3. The van der Waals surface area contributed by atoms with Crippen molar-refractivity contribution in [2.45, 2.75) is 18.4 Å². The van der Waals surface area contributed by atoms with Crippen LogP contribution in [0.3, 0.4) is 0 Å². The third-order valence-corrected chi connectivity index (χ3v) is 4.12. The summed E-state index contributed by atoms with van der Waals surface area (Å²) in [6.45, 7) is 1.15. The highest BCUT2D eigenvalue weighted by molar-refractivity contribution is 6.05. The fourth-order valence-electron chi connectivity index (χ4n) is 2.82. The Morgan fingerprint density at radius 2 is 1.80 bits per heavy atom. The first-order valence-corrected chi connectivity index (χ1v) is 6.92.